The third-order valence-corrected chi connectivity index (χ3v) is 2.13. The van der Waals surface area contributed by atoms with Crippen LogP contribution in [0.15, 0.2) is 17.0 Å². The zero-order valence-electron chi connectivity index (χ0n) is 5.96. The molecule has 3 heteroatoms. The molecule has 2 N–H and O–H groups in total. The van der Waals surface area contributed by atoms with E-state index in [1.54, 1.807) is 0 Å². The SMILES string of the molecule is C=C(CC)C(C)P=NN. The van der Waals surface area contributed by atoms with Crippen LogP contribution in [0.2, 0.25) is 0 Å². The van der Waals surface area contributed by atoms with Crippen molar-refractivity contribution < 1.29 is 0 Å². The minimum atomic E-state index is 0.417. The van der Waals surface area contributed by atoms with Gasteiger partial charge < -0.3 is 0 Å². The van der Waals surface area contributed by atoms with E-state index in [-0.39, 0.29) is 0 Å². The highest BCUT2D eigenvalue weighted by molar-refractivity contribution is 7.28. The Hall–Kier alpha value is -0.200. The lowest BCUT2D eigenvalue weighted by atomic mass is 10.2. The molecule has 52 valence electrons. The fourth-order valence-electron chi connectivity index (χ4n) is 0.477. The van der Waals surface area contributed by atoms with Gasteiger partial charge in [0.15, 0.2) is 0 Å². The van der Waals surface area contributed by atoms with E-state index < -0.39 is 0 Å². The molecule has 0 aliphatic carbocycles. The van der Waals surface area contributed by atoms with Gasteiger partial charge in [-0.05, 0) is 13.3 Å². The van der Waals surface area contributed by atoms with Crippen LogP contribution in [0.3, 0.4) is 0 Å². The molecular formula is C6H13N2P. The monoisotopic (exact) mass is 144 g/mol. The molecule has 0 aromatic heterocycles. The van der Waals surface area contributed by atoms with Crippen LogP contribution >= 0.6 is 8.37 Å². The van der Waals surface area contributed by atoms with E-state index in [1.165, 1.54) is 5.57 Å². The molecule has 0 spiro atoms. The molecule has 0 rings (SSSR count). The van der Waals surface area contributed by atoms with Gasteiger partial charge in [0.25, 0.3) is 0 Å². The van der Waals surface area contributed by atoms with E-state index in [1.807, 2.05) is 0 Å². The largest absolute Gasteiger partial charge is 0.224 e. The van der Waals surface area contributed by atoms with Gasteiger partial charge in [-0.2, -0.15) is 4.85 Å². The van der Waals surface area contributed by atoms with E-state index in [0.29, 0.717) is 5.66 Å². The van der Waals surface area contributed by atoms with Crippen LogP contribution in [0.1, 0.15) is 20.3 Å². The molecule has 9 heavy (non-hydrogen) atoms. The maximum absolute atomic E-state index is 4.99. The lowest BCUT2D eigenvalue weighted by Crippen LogP contribution is -1.93. The Kier molecular flexibility index (Phi) is 4.55. The Balaban J connectivity index is 3.72. The summed E-state index contributed by atoms with van der Waals surface area (Å²) >= 11 is 0. The summed E-state index contributed by atoms with van der Waals surface area (Å²) in [5.74, 6) is 4.99. The average molecular weight is 144 g/mol. The van der Waals surface area contributed by atoms with Crippen molar-refractivity contribution in [3.63, 3.8) is 0 Å². The maximum Gasteiger partial charge on any atom is 0.0378 e. The summed E-state index contributed by atoms with van der Waals surface area (Å²) in [6, 6.07) is 0. The lowest BCUT2D eigenvalue weighted by Gasteiger charge is -2.03. The normalized spacial score (nSPS) is 14.1. The Labute approximate surface area is 58.0 Å². The van der Waals surface area contributed by atoms with Gasteiger partial charge >= 0.3 is 0 Å². The standard InChI is InChI=1S/C6H13N2P/c1-4-5(2)6(3)9-8-7/h6H,2,4,7H2,1,3H3. The van der Waals surface area contributed by atoms with Crippen molar-refractivity contribution in [1.82, 2.24) is 0 Å². The Morgan fingerprint density at radius 2 is 2.44 bits per heavy atom. The van der Waals surface area contributed by atoms with E-state index >= 15 is 0 Å². The second-order valence-electron chi connectivity index (χ2n) is 1.92. The molecule has 1 atom stereocenters. The molecule has 2 nitrogen and oxygen atoms in total. The molecule has 1 unspecified atom stereocenters. The van der Waals surface area contributed by atoms with Gasteiger partial charge in [-0.3, -0.25) is 0 Å². The molecule has 0 bridgehead atoms. The number of nitrogens with zero attached hydrogens (tertiary/aromatic N) is 1. The summed E-state index contributed by atoms with van der Waals surface area (Å²) in [4.78, 5) is 3.52. The van der Waals surface area contributed by atoms with Gasteiger partial charge in [0.1, 0.15) is 0 Å². The van der Waals surface area contributed by atoms with Crippen LogP contribution in [0.5, 0.6) is 0 Å². The molecule has 0 aliphatic heterocycles. The van der Waals surface area contributed by atoms with Crippen molar-refractivity contribution in [3.8, 4) is 0 Å². The van der Waals surface area contributed by atoms with Crippen LogP contribution in [0, 0.1) is 0 Å². The molecule has 0 heterocycles. The second kappa shape index (κ2) is 4.66. The molecule has 0 fully saturated rings. The van der Waals surface area contributed by atoms with Crippen molar-refractivity contribution in [3.05, 3.63) is 12.2 Å². The number of hydrogen-bond donors (Lipinski definition) is 1. The molecule has 0 aromatic carbocycles. The predicted molar refractivity (Wildman–Crippen MR) is 42.4 cm³/mol. The summed E-state index contributed by atoms with van der Waals surface area (Å²) in [5, 5.41) is 0. The summed E-state index contributed by atoms with van der Waals surface area (Å²) in [6.45, 7) is 8.03. The lowest BCUT2D eigenvalue weighted by molar-refractivity contribution is 0.995. The highest BCUT2D eigenvalue weighted by Crippen LogP contribution is 2.18. The first-order valence-electron chi connectivity index (χ1n) is 3.00. The molecular weight excluding hydrogens is 131 g/mol. The second-order valence-corrected chi connectivity index (χ2v) is 3.16. The number of rotatable bonds is 3. The maximum atomic E-state index is 4.99. The van der Waals surface area contributed by atoms with Crippen molar-refractivity contribution >= 4 is 8.37 Å². The van der Waals surface area contributed by atoms with Gasteiger partial charge in [-0.1, -0.05) is 19.1 Å². The topological polar surface area (TPSA) is 38.4 Å². The zero-order chi connectivity index (χ0) is 7.28. The first-order valence-corrected chi connectivity index (χ1v) is 3.91. The van der Waals surface area contributed by atoms with Gasteiger partial charge in [-0.15, -0.1) is 0 Å². The van der Waals surface area contributed by atoms with Crippen LogP contribution in [0.25, 0.3) is 0 Å². The highest BCUT2D eigenvalue weighted by atomic mass is 31.1. The molecule has 0 saturated carbocycles. The van der Waals surface area contributed by atoms with E-state index in [2.05, 4.69) is 25.3 Å². The Morgan fingerprint density at radius 1 is 1.89 bits per heavy atom. The molecule has 0 amide bonds. The minimum Gasteiger partial charge on any atom is -0.224 e. The zero-order valence-corrected chi connectivity index (χ0v) is 6.86. The number of allylic oxidation sites excluding steroid dienone is 1. The van der Waals surface area contributed by atoms with Crippen molar-refractivity contribution in [2.24, 2.45) is 10.7 Å². The van der Waals surface area contributed by atoms with E-state index in [0.717, 1.165) is 14.8 Å². The Bertz CT molecular complexity index is 120. The van der Waals surface area contributed by atoms with Crippen molar-refractivity contribution in [2.45, 2.75) is 25.9 Å². The van der Waals surface area contributed by atoms with Crippen LogP contribution in [0.4, 0.5) is 0 Å². The van der Waals surface area contributed by atoms with Crippen molar-refractivity contribution in [1.29, 1.82) is 0 Å². The first kappa shape index (κ1) is 8.80. The minimum absolute atomic E-state index is 0.417. The smallest absolute Gasteiger partial charge is 0.0378 e. The molecule has 0 aromatic rings. The highest BCUT2D eigenvalue weighted by Gasteiger charge is 1.99. The average Bonchev–Trinajstić information content (AvgIpc) is 1.87. The van der Waals surface area contributed by atoms with E-state index in [9.17, 15) is 0 Å². The van der Waals surface area contributed by atoms with Gasteiger partial charge in [-0.25, -0.2) is 5.84 Å². The summed E-state index contributed by atoms with van der Waals surface area (Å²) in [7, 11) is 0.923. The summed E-state index contributed by atoms with van der Waals surface area (Å²) < 4.78 is 0. The van der Waals surface area contributed by atoms with Gasteiger partial charge in [0.2, 0.25) is 0 Å². The number of nitrogens with two attached hydrogens (primary N) is 1. The van der Waals surface area contributed by atoms with Gasteiger partial charge in [0, 0.05) is 14.0 Å². The molecule has 0 saturated heterocycles. The third-order valence-electron chi connectivity index (χ3n) is 1.28. The number of hydrogen-bond acceptors (Lipinski definition) is 1. The first-order chi connectivity index (χ1) is 4.22. The van der Waals surface area contributed by atoms with Crippen LogP contribution in [-0.2, 0) is 0 Å². The fourth-order valence-corrected chi connectivity index (χ4v) is 1.02. The summed E-state index contributed by atoms with van der Waals surface area (Å²) in [5.41, 5.74) is 1.63. The fraction of sp³-hybridized carbons (Fsp3) is 0.667. The van der Waals surface area contributed by atoms with Crippen molar-refractivity contribution in [2.75, 3.05) is 0 Å². The quantitative estimate of drug-likeness (QED) is 0.281. The third kappa shape index (κ3) is 3.39. The Morgan fingerprint density at radius 3 is 2.78 bits per heavy atom. The van der Waals surface area contributed by atoms with Crippen LogP contribution in [-0.4, -0.2) is 5.66 Å². The molecule has 0 radical (unpaired) electrons. The van der Waals surface area contributed by atoms with Gasteiger partial charge in [0.05, 0.1) is 0 Å². The summed E-state index contributed by atoms with van der Waals surface area (Å²) in [6.07, 6.45) is 1.02. The predicted octanol–water partition coefficient (Wildman–Crippen LogP) is 2.34. The molecule has 0 aliphatic rings. The van der Waals surface area contributed by atoms with Crippen LogP contribution < -0.4 is 5.84 Å². The van der Waals surface area contributed by atoms with E-state index in [4.69, 9.17) is 5.84 Å².